The summed E-state index contributed by atoms with van der Waals surface area (Å²) in [5.74, 6) is 0.737. The van der Waals surface area contributed by atoms with Crippen molar-refractivity contribution in [1.82, 2.24) is 10.3 Å². The van der Waals surface area contributed by atoms with Crippen LogP contribution in [0, 0.1) is 0 Å². The van der Waals surface area contributed by atoms with Crippen LogP contribution in [0.25, 0.3) is 0 Å². The Morgan fingerprint density at radius 1 is 1.29 bits per heavy atom. The summed E-state index contributed by atoms with van der Waals surface area (Å²) in [5, 5.41) is 3.16. The van der Waals surface area contributed by atoms with Gasteiger partial charge in [0.2, 0.25) is 5.88 Å². The van der Waals surface area contributed by atoms with E-state index in [4.69, 9.17) is 4.74 Å². The highest BCUT2D eigenvalue weighted by atomic mass is 16.5. The molecule has 0 saturated heterocycles. The van der Waals surface area contributed by atoms with Gasteiger partial charge in [-0.1, -0.05) is 13.8 Å². The number of ether oxygens (including phenoxy) is 1. The van der Waals surface area contributed by atoms with E-state index in [1.54, 1.807) is 0 Å². The molecule has 3 nitrogen and oxygen atoms in total. The topological polar surface area (TPSA) is 34.1 Å². The van der Waals surface area contributed by atoms with Crippen LogP contribution in [-0.2, 0) is 13.0 Å². The highest BCUT2D eigenvalue weighted by Crippen LogP contribution is 2.21. The Balaban J connectivity index is 2.94. The Labute approximate surface area is 105 Å². The van der Waals surface area contributed by atoms with E-state index in [2.05, 4.69) is 44.1 Å². The van der Waals surface area contributed by atoms with Crippen molar-refractivity contribution >= 4 is 0 Å². The SMILES string of the molecule is CCc1cc(CNC)cc(OC(C)(C)CC)n1. The summed E-state index contributed by atoms with van der Waals surface area (Å²) < 4.78 is 5.94. The fourth-order valence-corrected chi connectivity index (χ4v) is 1.52. The van der Waals surface area contributed by atoms with E-state index in [9.17, 15) is 0 Å². The molecular formula is C14H24N2O. The average Bonchev–Trinajstić information content (AvgIpc) is 2.28. The van der Waals surface area contributed by atoms with E-state index in [0.717, 1.165) is 31.0 Å². The second-order valence-corrected chi connectivity index (χ2v) is 4.90. The molecule has 0 aliphatic rings. The molecule has 17 heavy (non-hydrogen) atoms. The highest BCUT2D eigenvalue weighted by molar-refractivity contribution is 5.25. The second-order valence-electron chi connectivity index (χ2n) is 4.90. The molecule has 0 bridgehead atoms. The summed E-state index contributed by atoms with van der Waals surface area (Å²) >= 11 is 0. The first-order valence-electron chi connectivity index (χ1n) is 6.34. The monoisotopic (exact) mass is 236 g/mol. The lowest BCUT2D eigenvalue weighted by Crippen LogP contribution is -2.27. The minimum Gasteiger partial charge on any atom is -0.472 e. The number of hydrogen-bond donors (Lipinski definition) is 1. The van der Waals surface area contributed by atoms with E-state index in [1.165, 1.54) is 5.56 Å². The molecule has 0 unspecified atom stereocenters. The van der Waals surface area contributed by atoms with Crippen LogP contribution in [0.2, 0.25) is 0 Å². The van der Waals surface area contributed by atoms with E-state index < -0.39 is 0 Å². The Kier molecular flexibility index (Phi) is 4.94. The van der Waals surface area contributed by atoms with Crippen molar-refractivity contribution in [3.8, 4) is 5.88 Å². The fraction of sp³-hybridized carbons (Fsp3) is 0.643. The molecule has 0 atom stereocenters. The van der Waals surface area contributed by atoms with Crippen molar-refractivity contribution in [3.63, 3.8) is 0 Å². The third kappa shape index (κ3) is 4.35. The van der Waals surface area contributed by atoms with Gasteiger partial charge in [-0.05, 0) is 45.4 Å². The molecule has 0 saturated carbocycles. The zero-order valence-corrected chi connectivity index (χ0v) is 11.6. The van der Waals surface area contributed by atoms with E-state index in [-0.39, 0.29) is 5.60 Å². The van der Waals surface area contributed by atoms with Gasteiger partial charge < -0.3 is 10.1 Å². The molecule has 3 heteroatoms. The zero-order chi connectivity index (χ0) is 12.9. The summed E-state index contributed by atoms with van der Waals surface area (Å²) in [6, 6.07) is 4.15. The second kappa shape index (κ2) is 6.01. The predicted octanol–water partition coefficient (Wildman–Crippen LogP) is 2.93. The molecule has 1 rings (SSSR count). The summed E-state index contributed by atoms with van der Waals surface area (Å²) in [6.07, 6.45) is 1.90. The lowest BCUT2D eigenvalue weighted by Gasteiger charge is -2.24. The molecule has 0 aliphatic carbocycles. The molecular weight excluding hydrogens is 212 g/mol. The molecule has 96 valence electrons. The lowest BCUT2D eigenvalue weighted by atomic mass is 10.1. The Morgan fingerprint density at radius 3 is 2.53 bits per heavy atom. The van der Waals surface area contributed by atoms with Gasteiger partial charge in [-0.2, -0.15) is 0 Å². The first kappa shape index (κ1) is 14.0. The highest BCUT2D eigenvalue weighted by Gasteiger charge is 2.18. The third-order valence-corrected chi connectivity index (χ3v) is 2.89. The maximum Gasteiger partial charge on any atom is 0.214 e. The normalized spacial score (nSPS) is 11.6. The van der Waals surface area contributed by atoms with Crippen molar-refractivity contribution < 1.29 is 4.74 Å². The summed E-state index contributed by atoms with van der Waals surface area (Å²) in [6.45, 7) is 9.26. The van der Waals surface area contributed by atoms with E-state index >= 15 is 0 Å². The minimum absolute atomic E-state index is 0.156. The number of nitrogens with zero attached hydrogens (tertiary/aromatic N) is 1. The van der Waals surface area contributed by atoms with Gasteiger partial charge in [0, 0.05) is 18.3 Å². The smallest absolute Gasteiger partial charge is 0.214 e. The molecule has 0 amide bonds. The van der Waals surface area contributed by atoms with Crippen molar-refractivity contribution in [1.29, 1.82) is 0 Å². The molecule has 1 aromatic heterocycles. The molecule has 0 spiro atoms. The fourth-order valence-electron chi connectivity index (χ4n) is 1.52. The number of aryl methyl sites for hydroxylation is 1. The van der Waals surface area contributed by atoms with E-state index in [0.29, 0.717) is 0 Å². The maximum absolute atomic E-state index is 5.94. The zero-order valence-electron chi connectivity index (χ0n) is 11.6. The molecule has 0 aliphatic heterocycles. The van der Waals surface area contributed by atoms with Crippen LogP contribution in [0.1, 0.15) is 45.4 Å². The largest absolute Gasteiger partial charge is 0.472 e. The number of pyridine rings is 1. The van der Waals surface area contributed by atoms with Crippen LogP contribution in [0.15, 0.2) is 12.1 Å². The van der Waals surface area contributed by atoms with Gasteiger partial charge >= 0.3 is 0 Å². The van der Waals surface area contributed by atoms with Crippen LogP contribution < -0.4 is 10.1 Å². The lowest BCUT2D eigenvalue weighted by molar-refractivity contribution is 0.0986. The Bertz CT molecular complexity index is 361. The molecule has 0 aromatic carbocycles. The molecule has 0 fully saturated rings. The van der Waals surface area contributed by atoms with Crippen molar-refractivity contribution in [2.45, 2.75) is 52.7 Å². The first-order valence-corrected chi connectivity index (χ1v) is 6.34. The standard InChI is InChI=1S/C14H24N2O/c1-6-12-8-11(10-15-5)9-13(16-12)17-14(3,4)7-2/h8-9,15H,6-7,10H2,1-5H3. The minimum atomic E-state index is -0.156. The number of nitrogens with one attached hydrogen (secondary N) is 1. The number of rotatable bonds is 6. The summed E-state index contributed by atoms with van der Waals surface area (Å²) in [5.41, 5.74) is 2.15. The molecule has 0 radical (unpaired) electrons. The number of hydrogen-bond acceptors (Lipinski definition) is 3. The van der Waals surface area contributed by atoms with Crippen molar-refractivity contribution in [2.75, 3.05) is 7.05 Å². The van der Waals surface area contributed by atoms with Gasteiger partial charge in [0.05, 0.1) is 0 Å². The maximum atomic E-state index is 5.94. The van der Waals surface area contributed by atoms with Gasteiger partial charge in [0.1, 0.15) is 5.60 Å². The van der Waals surface area contributed by atoms with Crippen LogP contribution in [0.5, 0.6) is 5.88 Å². The van der Waals surface area contributed by atoms with Crippen LogP contribution >= 0.6 is 0 Å². The van der Waals surface area contributed by atoms with Crippen molar-refractivity contribution in [3.05, 3.63) is 23.4 Å². The van der Waals surface area contributed by atoms with Gasteiger partial charge in [-0.15, -0.1) is 0 Å². The van der Waals surface area contributed by atoms with E-state index in [1.807, 2.05) is 13.1 Å². The van der Waals surface area contributed by atoms with Gasteiger partial charge in [-0.3, -0.25) is 0 Å². The van der Waals surface area contributed by atoms with Gasteiger partial charge in [0.15, 0.2) is 0 Å². The Morgan fingerprint density at radius 2 is 2.00 bits per heavy atom. The van der Waals surface area contributed by atoms with Gasteiger partial charge in [0.25, 0.3) is 0 Å². The quantitative estimate of drug-likeness (QED) is 0.824. The summed E-state index contributed by atoms with van der Waals surface area (Å²) in [4.78, 5) is 4.52. The van der Waals surface area contributed by atoms with Crippen LogP contribution in [0.4, 0.5) is 0 Å². The van der Waals surface area contributed by atoms with Crippen LogP contribution in [0.3, 0.4) is 0 Å². The Hall–Kier alpha value is -1.09. The number of aromatic nitrogens is 1. The molecule has 1 aromatic rings. The molecule has 1 heterocycles. The average molecular weight is 236 g/mol. The first-order chi connectivity index (χ1) is 8.00. The summed E-state index contributed by atoms with van der Waals surface area (Å²) in [7, 11) is 1.95. The van der Waals surface area contributed by atoms with Gasteiger partial charge in [-0.25, -0.2) is 4.98 Å². The van der Waals surface area contributed by atoms with Crippen molar-refractivity contribution in [2.24, 2.45) is 0 Å². The van der Waals surface area contributed by atoms with Crippen LogP contribution in [-0.4, -0.2) is 17.6 Å². The third-order valence-electron chi connectivity index (χ3n) is 2.89. The molecule has 1 N–H and O–H groups in total. The predicted molar refractivity (Wildman–Crippen MR) is 71.4 cm³/mol.